The van der Waals surface area contributed by atoms with E-state index < -0.39 is 17.8 Å². The second-order valence-corrected chi connectivity index (χ2v) is 9.37. The van der Waals surface area contributed by atoms with Gasteiger partial charge >= 0.3 is 5.97 Å². The summed E-state index contributed by atoms with van der Waals surface area (Å²) in [7, 11) is 0. The molecule has 0 fully saturated rings. The van der Waals surface area contributed by atoms with Crippen molar-refractivity contribution in [1.29, 1.82) is 0 Å². The number of rotatable bonds is 8. The topological polar surface area (TPSA) is 93.7 Å². The lowest BCUT2D eigenvalue weighted by atomic mass is 9.98. The molecule has 0 saturated heterocycles. The van der Waals surface area contributed by atoms with E-state index in [4.69, 9.17) is 5.11 Å². The van der Waals surface area contributed by atoms with Gasteiger partial charge in [0.05, 0.1) is 30.3 Å². The number of carboxylic acids is 1. The van der Waals surface area contributed by atoms with Crippen molar-refractivity contribution in [2.75, 3.05) is 18.0 Å². The van der Waals surface area contributed by atoms with Crippen LogP contribution in [-0.2, 0) is 16.0 Å². The standard InChI is InChI=1S/C27H31N3O4/c1-17(2)8-9-19-10-11-24-21(14-19)27(34)29(13-12-26(32)33)25(31)16-30(24)18(3)22-15-28-23-7-5-4-6-20(22)23/h4-7,10-11,14-15,17-18,28H,8-9,12-13,16H2,1-3H3,(H,32,33). The normalized spacial score (nSPS) is 15.1. The van der Waals surface area contributed by atoms with Gasteiger partial charge in [-0.3, -0.25) is 19.3 Å². The summed E-state index contributed by atoms with van der Waals surface area (Å²) < 4.78 is 0. The third-order valence-corrected chi connectivity index (χ3v) is 6.55. The van der Waals surface area contributed by atoms with E-state index >= 15 is 0 Å². The predicted octanol–water partition coefficient (Wildman–Crippen LogP) is 4.78. The van der Waals surface area contributed by atoms with Crippen molar-refractivity contribution in [1.82, 2.24) is 9.88 Å². The number of hydrogen-bond acceptors (Lipinski definition) is 4. The zero-order valence-corrected chi connectivity index (χ0v) is 19.9. The van der Waals surface area contributed by atoms with Gasteiger partial charge < -0.3 is 15.0 Å². The molecule has 0 saturated carbocycles. The molecule has 2 amide bonds. The number of anilines is 1. The first kappa shape index (κ1) is 23.5. The third kappa shape index (κ3) is 4.69. The number of amides is 2. The van der Waals surface area contributed by atoms with Crippen molar-refractivity contribution in [2.45, 2.75) is 46.1 Å². The number of carboxylic acid groups (broad SMARTS) is 1. The molecule has 1 atom stereocenters. The Hall–Kier alpha value is -3.61. The number of para-hydroxylation sites is 1. The lowest BCUT2D eigenvalue weighted by molar-refractivity contribution is -0.137. The van der Waals surface area contributed by atoms with Gasteiger partial charge in [-0.05, 0) is 55.0 Å². The van der Waals surface area contributed by atoms with Crippen LogP contribution < -0.4 is 4.90 Å². The Kier molecular flexibility index (Phi) is 6.72. The molecule has 0 bridgehead atoms. The van der Waals surface area contributed by atoms with Crippen LogP contribution in [0.4, 0.5) is 5.69 Å². The number of aryl methyl sites for hydroxylation is 1. The number of hydrogen-bond donors (Lipinski definition) is 2. The van der Waals surface area contributed by atoms with E-state index in [9.17, 15) is 14.4 Å². The van der Waals surface area contributed by atoms with Crippen LogP contribution >= 0.6 is 0 Å². The summed E-state index contributed by atoms with van der Waals surface area (Å²) in [5.74, 6) is -1.33. The molecule has 34 heavy (non-hydrogen) atoms. The van der Waals surface area contributed by atoms with E-state index in [2.05, 4.69) is 18.8 Å². The molecular weight excluding hydrogens is 430 g/mol. The molecule has 1 aromatic heterocycles. The number of aromatic nitrogens is 1. The van der Waals surface area contributed by atoms with Crippen molar-refractivity contribution in [3.8, 4) is 0 Å². The van der Waals surface area contributed by atoms with Crippen molar-refractivity contribution >= 4 is 34.4 Å². The number of aromatic amines is 1. The molecular formula is C27H31N3O4. The number of benzene rings is 2. The number of nitrogens with one attached hydrogen (secondary N) is 1. The van der Waals surface area contributed by atoms with Gasteiger partial charge in [0.1, 0.15) is 0 Å². The predicted molar refractivity (Wildman–Crippen MR) is 132 cm³/mol. The maximum Gasteiger partial charge on any atom is 0.305 e. The van der Waals surface area contributed by atoms with Crippen LogP contribution in [0.15, 0.2) is 48.7 Å². The van der Waals surface area contributed by atoms with Crippen LogP contribution in [-0.4, -0.2) is 45.9 Å². The summed E-state index contributed by atoms with van der Waals surface area (Å²) in [6.45, 7) is 6.19. The van der Waals surface area contributed by atoms with Crippen LogP contribution in [0.2, 0.25) is 0 Å². The fourth-order valence-electron chi connectivity index (χ4n) is 4.58. The van der Waals surface area contributed by atoms with E-state index in [0.717, 1.165) is 39.8 Å². The lowest BCUT2D eigenvalue weighted by Crippen LogP contribution is -2.42. The van der Waals surface area contributed by atoms with Gasteiger partial charge in [0, 0.05) is 23.6 Å². The second kappa shape index (κ2) is 9.71. The first-order valence-electron chi connectivity index (χ1n) is 11.8. The highest BCUT2D eigenvalue weighted by molar-refractivity contribution is 6.11. The van der Waals surface area contributed by atoms with Gasteiger partial charge in [-0.25, -0.2) is 0 Å². The first-order valence-corrected chi connectivity index (χ1v) is 11.8. The molecule has 0 aliphatic carbocycles. The fraction of sp³-hybridized carbons (Fsp3) is 0.370. The smallest absolute Gasteiger partial charge is 0.305 e. The van der Waals surface area contributed by atoms with Gasteiger partial charge in [0.15, 0.2) is 0 Å². The number of fused-ring (bicyclic) bond motifs is 2. The maximum absolute atomic E-state index is 13.5. The van der Waals surface area contributed by atoms with Crippen LogP contribution in [0.5, 0.6) is 0 Å². The van der Waals surface area contributed by atoms with Gasteiger partial charge in [-0.1, -0.05) is 38.1 Å². The summed E-state index contributed by atoms with van der Waals surface area (Å²) in [6, 6.07) is 13.6. The molecule has 7 nitrogen and oxygen atoms in total. The van der Waals surface area contributed by atoms with Gasteiger partial charge in [0.25, 0.3) is 5.91 Å². The molecule has 1 unspecified atom stereocenters. The summed E-state index contributed by atoms with van der Waals surface area (Å²) >= 11 is 0. The average molecular weight is 462 g/mol. The second-order valence-electron chi connectivity index (χ2n) is 9.37. The summed E-state index contributed by atoms with van der Waals surface area (Å²) in [4.78, 5) is 44.2. The fourth-order valence-corrected chi connectivity index (χ4v) is 4.58. The SMILES string of the molecule is CC(C)CCc1ccc2c(c1)C(=O)N(CCC(=O)O)C(=O)CN2C(C)c1c[nH]c2ccccc12. The summed E-state index contributed by atoms with van der Waals surface area (Å²) in [5.41, 5.74) is 4.22. The Morgan fingerprint density at radius 1 is 1.12 bits per heavy atom. The zero-order chi connectivity index (χ0) is 24.4. The molecule has 7 heteroatoms. The molecule has 1 aliphatic heterocycles. The molecule has 1 aliphatic rings. The van der Waals surface area contributed by atoms with Gasteiger partial charge in [-0.2, -0.15) is 0 Å². The highest BCUT2D eigenvalue weighted by atomic mass is 16.4. The largest absolute Gasteiger partial charge is 0.481 e. The Balaban J connectivity index is 1.77. The Morgan fingerprint density at radius 3 is 2.62 bits per heavy atom. The number of nitrogens with zero attached hydrogens (tertiary/aromatic N) is 2. The maximum atomic E-state index is 13.5. The molecule has 2 aromatic carbocycles. The number of carbonyl (C=O) groups is 3. The Bertz CT molecular complexity index is 1230. The number of carbonyl (C=O) groups excluding carboxylic acids is 2. The first-order chi connectivity index (χ1) is 16.3. The monoisotopic (exact) mass is 461 g/mol. The number of imide groups is 1. The zero-order valence-electron chi connectivity index (χ0n) is 19.9. The van der Waals surface area contributed by atoms with E-state index in [1.54, 1.807) is 0 Å². The van der Waals surface area contributed by atoms with Crippen molar-refractivity contribution in [3.63, 3.8) is 0 Å². The summed E-state index contributed by atoms with van der Waals surface area (Å²) in [5, 5.41) is 10.2. The minimum atomic E-state index is -1.04. The van der Waals surface area contributed by atoms with Crippen LogP contribution in [0, 0.1) is 5.92 Å². The molecule has 178 valence electrons. The minimum absolute atomic E-state index is 0.00955. The molecule has 0 spiro atoms. The van der Waals surface area contributed by atoms with Crippen LogP contribution in [0.3, 0.4) is 0 Å². The van der Waals surface area contributed by atoms with Gasteiger partial charge in [0.2, 0.25) is 5.91 Å². The minimum Gasteiger partial charge on any atom is -0.481 e. The Labute approximate surface area is 199 Å². The van der Waals surface area contributed by atoms with E-state index in [1.807, 2.05) is 60.5 Å². The highest BCUT2D eigenvalue weighted by Gasteiger charge is 2.35. The van der Waals surface area contributed by atoms with E-state index in [0.29, 0.717) is 17.2 Å². The molecule has 2 heterocycles. The van der Waals surface area contributed by atoms with Crippen molar-refractivity contribution < 1.29 is 19.5 Å². The Morgan fingerprint density at radius 2 is 1.88 bits per heavy atom. The van der Waals surface area contributed by atoms with E-state index in [-0.39, 0.29) is 25.6 Å². The third-order valence-electron chi connectivity index (χ3n) is 6.55. The molecule has 4 rings (SSSR count). The highest BCUT2D eigenvalue weighted by Crippen LogP contribution is 2.36. The van der Waals surface area contributed by atoms with Crippen molar-refractivity contribution in [3.05, 3.63) is 65.4 Å². The quantitative estimate of drug-likeness (QED) is 0.471. The van der Waals surface area contributed by atoms with Crippen LogP contribution in [0.1, 0.15) is 61.1 Å². The summed E-state index contributed by atoms with van der Waals surface area (Å²) in [6.07, 6.45) is 3.49. The number of aliphatic carboxylic acids is 1. The average Bonchev–Trinajstić information content (AvgIpc) is 3.20. The van der Waals surface area contributed by atoms with Crippen LogP contribution in [0.25, 0.3) is 10.9 Å². The van der Waals surface area contributed by atoms with Crippen molar-refractivity contribution in [2.24, 2.45) is 5.92 Å². The number of H-pyrrole nitrogens is 1. The molecule has 0 radical (unpaired) electrons. The molecule has 3 aromatic rings. The lowest BCUT2D eigenvalue weighted by Gasteiger charge is -2.30. The van der Waals surface area contributed by atoms with E-state index in [1.165, 1.54) is 0 Å². The molecule has 2 N–H and O–H groups in total. The van der Waals surface area contributed by atoms with Gasteiger partial charge in [-0.15, -0.1) is 0 Å².